The molecule has 0 N–H and O–H groups in total. The fourth-order valence-electron chi connectivity index (χ4n) is 2.39. The van der Waals surface area contributed by atoms with Gasteiger partial charge in [0.15, 0.2) is 11.0 Å². The van der Waals surface area contributed by atoms with Crippen LogP contribution in [0.5, 0.6) is 0 Å². The Bertz CT molecular complexity index is 951. The Balaban J connectivity index is 2.02. The average Bonchev–Trinajstić information content (AvgIpc) is 2.92. The van der Waals surface area contributed by atoms with Crippen LogP contribution in [0.4, 0.5) is 0 Å². The van der Waals surface area contributed by atoms with Crippen LogP contribution in [0, 0.1) is 0 Å². The fraction of sp³-hybridized carbons (Fsp3) is 0.188. The van der Waals surface area contributed by atoms with Crippen molar-refractivity contribution >= 4 is 35.0 Å². The fourth-order valence-corrected chi connectivity index (χ4v) is 3.34. The van der Waals surface area contributed by atoms with E-state index in [1.165, 1.54) is 11.8 Å². The Hall–Kier alpha value is -1.76. The smallest absolute Gasteiger partial charge is 0.261 e. The lowest BCUT2D eigenvalue weighted by molar-refractivity contribution is 0.754. The second-order valence-corrected chi connectivity index (χ2v) is 6.78. The summed E-state index contributed by atoms with van der Waals surface area (Å²) >= 11 is 13.6. The molecule has 0 bridgehead atoms. The van der Waals surface area contributed by atoms with E-state index in [1.807, 2.05) is 25.4 Å². The van der Waals surface area contributed by atoms with Crippen LogP contribution in [0.25, 0.3) is 11.4 Å². The summed E-state index contributed by atoms with van der Waals surface area (Å²) in [5.74, 6) is 0.543. The second-order valence-electron chi connectivity index (χ2n) is 5.16. The third-order valence-corrected chi connectivity index (χ3v) is 4.94. The van der Waals surface area contributed by atoms with Crippen LogP contribution in [0.1, 0.15) is 5.56 Å². The first-order chi connectivity index (χ1) is 11.5. The molecule has 24 heavy (non-hydrogen) atoms. The normalized spacial score (nSPS) is 11.0. The minimum Gasteiger partial charge on any atom is -0.310 e. The highest BCUT2D eigenvalue weighted by atomic mass is 35.5. The number of nitrogens with zero attached hydrogens (tertiary/aromatic N) is 4. The molecule has 3 aromatic rings. The van der Waals surface area contributed by atoms with Gasteiger partial charge in [0.1, 0.15) is 0 Å². The van der Waals surface area contributed by atoms with Crippen molar-refractivity contribution in [2.75, 3.05) is 6.26 Å². The largest absolute Gasteiger partial charge is 0.310 e. The van der Waals surface area contributed by atoms with Gasteiger partial charge in [-0.1, -0.05) is 41.0 Å². The van der Waals surface area contributed by atoms with Crippen LogP contribution in [0.3, 0.4) is 0 Å². The van der Waals surface area contributed by atoms with Crippen molar-refractivity contribution in [3.63, 3.8) is 0 Å². The Labute approximate surface area is 153 Å². The standard InChI is InChI=1S/C16H14Cl2N4OS/c1-21-14(19-20-16(21)24-2)12-4-3-7-22(15(12)23)9-10-5-6-11(17)8-13(10)18/h3-8H,9H2,1-2H3. The highest BCUT2D eigenvalue weighted by molar-refractivity contribution is 7.98. The highest BCUT2D eigenvalue weighted by Crippen LogP contribution is 2.22. The molecule has 0 aliphatic heterocycles. The molecule has 0 saturated heterocycles. The van der Waals surface area contributed by atoms with Gasteiger partial charge >= 0.3 is 0 Å². The summed E-state index contributed by atoms with van der Waals surface area (Å²) < 4.78 is 3.40. The van der Waals surface area contributed by atoms with Crippen molar-refractivity contribution < 1.29 is 0 Å². The molecule has 0 saturated carbocycles. The van der Waals surface area contributed by atoms with E-state index in [2.05, 4.69) is 10.2 Å². The monoisotopic (exact) mass is 380 g/mol. The van der Waals surface area contributed by atoms with Gasteiger partial charge in [-0.25, -0.2) is 0 Å². The molecule has 0 radical (unpaired) electrons. The van der Waals surface area contributed by atoms with Crippen LogP contribution in [-0.4, -0.2) is 25.6 Å². The van der Waals surface area contributed by atoms with Crippen molar-refractivity contribution in [2.24, 2.45) is 7.05 Å². The van der Waals surface area contributed by atoms with Crippen molar-refractivity contribution in [3.8, 4) is 11.4 Å². The zero-order chi connectivity index (χ0) is 17.3. The van der Waals surface area contributed by atoms with E-state index in [-0.39, 0.29) is 5.56 Å². The molecule has 8 heteroatoms. The lowest BCUT2D eigenvalue weighted by Gasteiger charge is -2.10. The van der Waals surface area contributed by atoms with Crippen molar-refractivity contribution in [1.29, 1.82) is 0 Å². The maximum Gasteiger partial charge on any atom is 0.261 e. The third-order valence-electron chi connectivity index (χ3n) is 3.63. The van der Waals surface area contributed by atoms with E-state index in [1.54, 1.807) is 33.5 Å². The number of pyridine rings is 1. The van der Waals surface area contributed by atoms with Crippen molar-refractivity contribution in [2.45, 2.75) is 11.7 Å². The molecule has 0 fully saturated rings. The van der Waals surface area contributed by atoms with Crippen LogP contribution in [0.2, 0.25) is 10.0 Å². The van der Waals surface area contributed by atoms with Gasteiger partial charge in [-0.3, -0.25) is 4.79 Å². The first-order valence-corrected chi connectivity index (χ1v) is 9.06. The molecule has 2 aromatic heterocycles. The molecule has 0 unspecified atom stereocenters. The van der Waals surface area contributed by atoms with E-state index in [9.17, 15) is 4.79 Å². The van der Waals surface area contributed by atoms with E-state index >= 15 is 0 Å². The number of thioether (sulfide) groups is 1. The predicted octanol–water partition coefficient (Wildman–Crippen LogP) is 3.72. The maximum absolute atomic E-state index is 12.8. The Morgan fingerprint density at radius 2 is 2.00 bits per heavy atom. The van der Waals surface area contributed by atoms with Gasteiger partial charge in [-0.2, -0.15) is 0 Å². The first-order valence-electron chi connectivity index (χ1n) is 7.08. The maximum atomic E-state index is 12.8. The number of aromatic nitrogens is 4. The molecule has 1 aromatic carbocycles. The number of hydrogen-bond acceptors (Lipinski definition) is 4. The van der Waals surface area contributed by atoms with Crippen LogP contribution < -0.4 is 5.56 Å². The average molecular weight is 381 g/mol. The molecular weight excluding hydrogens is 367 g/mol. The van der Waals surface area contributed by atoms with Crippen LogP contribution in [0.15, 0.2) is 46.5 Å². The second kappa shape index (κ2) is 7.01. The molecule has 124 valence electrons. The van der Waals surface area contributed by atoms with Crippen LogP contribution in [-0.2, 0) is 13.6 Å². The Morgan fingerprint density at radius 1 is 1.21 bits per heavy atom. The molecule has 0 aliphatic rings. The molecule has 0 spiro atoms. The van der Waals surface area contributed by atoms with Gasteiger partial charge in [-0.15, -0.1) is 10.2 Å². The summed E-state index contributed by atoms with van der Waals surface area (Å²) in [7, 11) is 1.84. The van der Waals surface area contributed by atoms with Crippen molar-refractivity contribution in [1.82, 2.24) is 19.3 Å². The summed E-state index contributed by atoms with van der Waals surface area (Å²) in [5, 5.41) is 10.1. The lowest BCUT2D eigenvalue weighted by atomic mass is 10.2. The molecule has 0 amide bonds. The zero-order valence-corrected chi connectivity index (χ0v) is 15.4. The van der Waals surface area contributed by atoms with Gasteiger partial charge in [0.25, 0.3) is 5.56 Å². The minimum absolute atomic E-state index is 0.147. The topological polar surface area (TPSA) is 52.7 Å². The minimum atomic E-state index is -0.147. The highest BCUT2D eigenvalue weighted by Gasteiger charge is 2.15. The number of benzene rings is 1. The number of halogens is 2. The summed E-state index contributed by atoms with van der Waals surface area (Å²) in [4.78, 5) is 12.8. The van der Waals surface area contributed by atoms with Gasteiger partial charge in [0.05, 0.1) is 12.1 Å². The molecule has 5 nitrogen and oxygen atoms in total. The molecule has 2 heterocycles. The van der Waals surface area contributed by atoms with Gasteiger partial charge < -0.3 is 9.13 Å². The molecular formula is C16H14Cl2N4OS. The predicted molar refractivity (Wildman–Crippen MR) is 98.0 cm³/mol. The molecule has 0 aliphatic carbocycles. The Morgan fingerprint density at radius 3 is 2.67 bits per heavy atom. The molecule has 0 atom stereocenters. The van der Waals surface area contributed by atoms with E-state index in [0.29, 0.717) is 28.0 Å². The van der Waals surface area contributed by atoms with E-state index in [0.717, 1.165) is 10.7 Å². The van der Waals surface area contributed by atoms with Gasteiger partial charge in [0, 0.05) is 23.3 Å². The number of hydrogen-bond donors (Lipinski definition) is 0. The van der Waals surface area contributed by atoms with Crippen LogP contribution >= 0.6 is 35.0 Å². The summed E-state index contributed by atoms with van der Waals surface area (Å²) in [5.41, 5.74) is 1.17. The zero-order valence-electron chi connectivity index (χ0n) is 13.0. The summed E-state index contributed by atoms with van der Waals surface area (Å²) in [6.45, 7) is 0.357. The summed E-state index contributed by atoms with van der Waals surface area (Å²) in [6.07, 6.45) is 3.64. The first kappa shape index (κ1) is 17.1. The molecule has 3 rings (SSSR count). The quantitative estimate of drug-likeness (QED) is 0.647. The lowest BCUT2D eigenvalue weighted by Crippen LogP contribution is -2.22. The van der Waals surface area contributed by atoms with Gasteiger partial charge in [-0.05, 0) is 36.1 Å². The number of rotatable bonds is 4. The van der Waals surface area contributed by atoms with Gasteiger partial charge in [0.2, 0.25) is 0 Å². The third kappa shape index (κ3) is 3.22. The SMILES string of the molecule is CSc1nnc(-c2cccn(Cc3ccc(Cl)cc3Cl)c2=O)n1C. The van der Waals surface area contributed by atoms with E-state index in [4.69, 9.17) is 23.2 Å². The van der Waals surface area contributed by atoms with E-state index < -0.39 is 0 Å². The summed E-state index contributed by atoms with van der Waals surface area (Å²) in [6, 6.07) is 8.80. The van der Waals surface area contributed by atoms with Crippen molar-refractivity contribution in [3.05, 3.63) is 62.5 Å². The Kier molecular flexibility index (Phi) is 4.99.